The third-order valence-electron chi connectivity index (χ3n) is 5.72. The second-order valence-corrected chi connectivity index (χ2v) is 10.0. The summed E-state index contributed by atoms with van der Waals surface area (Å²) in [5.74, 6) is 1.10. The minimum atomic E-state index is -0.571. The zero-order valence-electron chi connectivity index (χ0n) is 23.3. The van der Waals surface area contributed by atoms with E-state index in [4.69, 9.17) is 14.2 Å². The molecule has 4 aromatic rings. The van der Waals surface area contributed by atoms with E-state index in [-0.39, 0.29) is 25.7 Å². The number of aryl methyl sites for hydroxylation is 1. The Bertz CT molecular complexity index is 1480. The molecule has 0 aliphatic carbocycles. The molecule has 2 heterocycles. The fourth-order valence-corrected chi connectivity index (χ4v) is 3.89. The minimum absolute atomic E-state index is 0.141. The van der Waals surface area contributed by atoms with E-state index in [0.717, 1.165) is 28.3 Å². The largest absolute Gasteiger partial charge is 0.497 e. The van der Waals surface area contributed by atoms with Gasteiger partial charge in [0.15, 0.2) is 11.5 Å². The lowest BCUT2D eigenvalue weighted by Gasteiger charge is -2.19. The number of amides is 2. The number of ether oxygens (including phenoxy) is 3. The Morgan fingerprint density at radius 2 is 1.82 bits per heavy atom. The summed E-state index contributed by atoms with van der Waals surface area (Å²) in [6.07, 6.45) is 4.87. The summed E-state index contributed by atoms with van der Waals surface area (Å²) in [5, 5.41) is 8.75. The van der Waals surface area contributed by atoms with E-state index in [2.05, 4.69) is 25.9 Å². The monoisotopic (exact) mass is 546 g/mol. The molecule has 0 radical (unpaired) electrons. The Hall–Kier alpha value is -4.64. The van der Waals surface area contributed by atoms with Crippen LogP contribution >= 0.6 is 0 Å². The van der Waals surface area contributed by atoms with E-state index in [1.807, 2.05) is 66.2 Å². The molecule has 0 bridgehead atoms. The van der Waals surface area contributed by atoms with Crippen molar-refractivity contribution < 1.29 is 23.8 Å². The van der Waals surface area contributed by atoms with Crippen molar-refractivity contribution >= 4 is 34.8 Å². The van der Waals surface area contributed by atoms with Gasteiger partial charge < -0.3 is 30.2 Å². The van der Waals surface area contributed by atoms with Gasteiger partial charge in [-0.25, -0.2) is 14.8 Å². The lowest BCUT2D eigenvalue weighted by atomic mass is 10.1. The molecule has 4 rings (SSSR count). The lowest BCUT2D eigenvalue weighted by molar-refractivity contribution is -0.120. The average Bonchev–Trinajstić information content (AvgIpc) is 3.34. The topological polar surface area (TPSA) is 128 Å². The quantitative estimate of drug-likeness (QED) is 0.239. The van der Waals surface area contributed by atoms with E-state index in [1.54, 1.807) is 34.1 Å². The average molecular weight is 547 g/mol. The summed E-state index contributed by atoms with van der Waals surface area (Å²) in [5.41, 5.74) is 4.37. The maximum Gasteiger partial charge on any atom is 0.407 e. The number of nitrogens with one attached hydrogen (secondary N) is 3. The number of rotatable bonds is 10. The molecule has 11 nitrogen and oxygen atoms in total. The molecule has 40 heavy (non-hydrogen) atoms. The van der Waals surface area contributed by atoms with Crippen LogP contribution in [0.4, 0.5) is 22.0 Å². The van der Waals surface area contributed by atoms with Crippen LogP contribution in [0.3, 0.4) is 0 Å². The zero-order valence-corrected chi connectivity index (χ0v) is 23.3. The molecule has 0 aliphatic rings. The summed E-state index contributed by atoms with van der Waals surface area (Å²) in [6, 6.07) is 13.4. The van der Waals surface area contributed by atoms with Gasteiger partial charge in [0.05, 0.1) is 25.6 Å². The number of anilines is 3. The highest BCUT2D eigenvalue weighted by Crippen LogP contribution is 2.28. The third-order valence-corrected chi connectivity index (χ3v) is 5.72. The molecule has 11 heteroatoms. The number of carbonyl (C=O) groups excluding carboxylic acids is 2. The predicted molar refractivity (Wildman–Crippen MR) is 153 cm³/mol. The zero-order chi connectivity index (χ0) is 28.7. The number of alkyl carbamates (subject to hydrolysis) is 1. The van der Waals surface area contributed by atoms with Gasteiger partial charge in [0.1, 0.15) is 18.0 Å². The van der Waals surface area contributed by atoms with Crippen molar-refractivity contribution in [1.82, 2.24) is 19.7 Å². The van der Waals surface area contributed by atoms with Gasteiger partial charge in [0.2, 0.25) is 5.91 Å². The fourth-order valence-electron chi connectivity index (χ4n) is 3.89. The summed E-state index contributed by atoms with van der Waals surface area (Å²) >= 11 is 0. The van der Waals surface area contributed by atoms with Crippen molar-refractivity contribution in [2.24, 2.45) is 0 Å². The van der Waals surface area contributed by atoms with Crippen molar-refractivity contribution in [3.8, 4) is 17.0 Å². The van der Waals surface area contributed by atoms with Crippen LogP contribution in [0.2, 0.25) is 0 Å². The van der Waals surface area contributed by atoms with Gasteiger partial charge in [-0.1, -0.05) is 0 Å². The molecule has 0 saturated heterocycles. The standard InChI is InChI=1S/C29H34N6O5/c1-19-16-21(8-11-23(19)34-25(36)18-39-15-13-31-28(37)40-29(2,3)4)33-26-27-32-17-24(35(27)14-12-30-26)20-6-9-22(38-5)10-7-20/h6-12,14,16-17H,13,15,18H2,1-5H3,(H,30,33)(H,31,37)(H,34,36). The second kappa shape index (κ2) is 12.5. The van der Waals surface area contributed by atoms with Gasteiger partial charge in [-0.05, 0) is 75.7 Å². The van der Waals surface area contributed by atoms with Gasteiger partial charge in [0.25, 0.3) is 0 Å². The number of methoxy groups -OCH3 is 1. The molecule has 0 atom stereocenters. The Morgan fingerprint density at radius 1 is 1.05 bits per heavy atom. The van der Waals surface area contributed by atoms with E-state index < -0.39 is 11.7 Å². The Balaban J connectivity index is 1.32. The Morgan fingerprint density at radius 3 is 2.52 bits per heavy atom. The maximum absolute atomic E-state index is 12.3. The fraction of sp³-hybridized carbons (Fsp3) is 0.310. The highest BCUT2D eigenvalue weighted by molar-refractivity contribution is 5.92. The van der Waals surface area contributed by atoms with Crippen molar-refractivity contribution in [1.29, 1.82) is 0 Å². The SMILES string of the molecule is COc1ccc(-c2cnc3c(Nc4ccc(NC(=O)COCCNC(=O)OC(C)(C)C)c(C)c4)nccn23)cc1. The van der Waals surface area contributed by atoms with Gasteiger partial charge >= 0.3 is 6.09 Å². The van der Waals surface area contributed by atoms with Crippen LogP contribution in [0.5, 0.6) is 5.75 Å². The summed E-state index contributed by atoms with van der Waals surface area (Å²) in [6.45, 7) is 7.54. The highest BCUT2D eigenvalue weighted by atomic mass is 16.6. The smallest absolute Gasteiger partial charge is 0.407 e. The summed E-state index contributed by atoms with van der Waals surface area (Å²) in [7, 11) is 1.64. The van der Waals surface area contributed by atoms with Crippen LogP contribution in [-0.2, 0) is 14.3 Å². The lowest BCUT2D eigenvalue weighted by Crippen LogP contribution is -2.34. The molecule has 0 aliphatic heterocycles. The number of imidazole rings is 1. The molecule has 210 valence electrons. The second-order valence-electron chi connectivity index (χ2n) is 10.0. The first-order valence-corrected chi connectivity index (χ1v) is 12.8. The van der Waals surface area contributed by atoms with Crippen molar-refractivity contribution in [2.75, 3.05) is 37.5 Å². The van der Waals surface area contributed by atoms with Crippen LogP contribution in [-0.4, -0.2) is 58.8 Å². The van der Waals surface area contributed by atoms with Gasteiger partial charge in [-0.15, -0.1) is 0 Å². The van der Waals surface area contributed by atoms with Crippen LogP contribution in [0, 0.1) is 6.92 Å². The van der Waals surface area contributed by atoms with Crippen LogP contribution in [0.25, 0.3) is 16.9 Å². The van der Waals surface area contributed by atoms with Crippen molar-refractivity contribution in [2.45, 2.75) is 33.3 Å². The van der Waals surface area contributed by atoms with E-state index in [1.165, 1.54) is 0 Å². The number of fused-ring (bicyclic) bond motifs is 1. The normalized spacial score (nSPS) is 11.2. The number of aromatic nitrogens is 3. The van der Waals surface area contributed by atoms with Crippen LogP contribution < -0.4 is 20.7 Å². The number of benzene rings is 2. The van der Waals surface area contributed by atoms with E-state index in [0.29, 0.717) is 17.2 Å². The Kier molecular flexibility index (Phi) is 8.85. The first kappa shape index (κ1) is 28.4. The predicted octanol–water partition coefficient (Wildman–Crippen LogP) is 4.94. The van der Waals surface area contributed by atoms with Gasteiger partial charge in [0, 0.05) is 35.9 Å². The number of nitrogens with zero attached hydrogens (tertiary/aromatic N) is 3. The summed E-state index contributed by atoms with van der Waals surface area (Å²) < 4.78 is 17.7. The molecule has 0 saturated carbocycles. The van der Waals surface area contributed by atoms with Crippen LogP contribution in [0.1, 0.15) is 26.3 Å². The molecular weight excluding hydrogens is 512 g/mol. The van der Waals surface area contributed by atoms with Crippen molar-refractivity contribution in [3.05, 3.63) is 66.6 Å². The first-order chi connectivity index (χ1) is 19.1. The first-order valence-electron chi connectivity index (χ1n) is 12.8. The Labute approximate surface area is 232 Å². The molecule has 2 amide bonds. The third kappa shape index (κ3) is 7.48. The number of hydrogen-bond donors (Lipinski definition) is 3. The number of carbonyl (C=O) groups is 2. The molecule has 2 aromatic heterocycles. The summed E-state index contributed by atoms with van der Waals surface area (Å²) in [4.78, 5) is 33.0. The molecule has 3 N–H and O–H groups in total. The minimum Gasteiger partial charge on any atom is -0.497 e. The van der Waals surface area contributed by atoms with Crippen LogP contribution in [0.15, 0.2) is 61.1 Å². The van der Waals surface area contributed by atoms with Gasteiger partial charge in [-0.2, -0.15) is 0 Å². The molecule has 2 aromatic carbocycles. The molecule has 0 unspecified atom stereocenters. The molecule has 0 fully saturated rings. The molecule has 0 spiro atoms. The van der Waals surface area contributed by atoms with Crippen molar-refractivity contribution in [3.63, 3.8) is 0 Å². The molecular formula is C29H34N6O5. The van der Waals surface area contributed by atoms with E-state index >= 15 is 0 Å². The van der Waals surface area contributed by atoms with E-state index in [9.17, 15) is 9.59 Å². The highest BCUT2D eigenvalue weighted by Gasteiger charge is 2.16. The number of hydrogen-bond acceptors (Lipinski definition) is 8. The van der Waals surface area contributed by atoms with Gasteiger partial charge in [-0.3, -0.25) is 9.20 Å². The maximum atomic E-state index is 12.3.